The van der Waals surface area contributed by atoms with Gasteiger partial charge in [0, 0.05) is 7.11 Å². The molecular formula is C11H12F2O2. The van der Waals surface area contributed by atoms with Crippen molar-refractivity contribution in [2.24, 2.45) is 0 Å². The Balaban J connectivity index is 3.23. The fourth-order valence-electron chi connectivity index (χ4n) is 1.11. The van der Waals surface area contributed by atoms with Gasteiger partial charge >= 0.3 is 0 Å². The maximum atomic E-state index is 13.3. The van der Waals surface area contributed by atoms with Crippen molar-refractivity contribution in [3.05, 3.63) is 35.4 Å². The van der Waals surface area contributed by atoms with E-state index in [4.69, 9.17) is 4.74 Å². The Kier molecular flexibility index (Phi) is 3.19. The van der Waals surface area contributed by atoms with E-state index in [0.717, 1.165) is 12.1 Å². The van der Waals surface area contributed by atoms with Crippen molar-refractivity contribution < 1.29 is 18.3 Å². The lowest BCUT2D eigenvalue weighted by Gasteiger charge is -2.21. The van der Waals surface area contributed by atoms with E-state index in [9.17, 15) is 13.6 Å². The highest BCUT2D eigenvalue weighted by atomic mass is 19.1. The molecule has 0 aromatic heterocycles. The second kappa shape index (κ2) is 4.06. The molecule has 82 valence electrons. The molecule has 0 radical (unpaired) electrons. The number of carbonyl (C=O) groups excluding carboxylic acids is 1. The van der Waals surface area contributed by atoms with Crippen LogP contribution >= 0.6 is 0 Å². The number of rotatable bonds is 3. The van der Waals surface area contributed by atoms with E-state index < -0.39 is 28.6 Å². The first-order valence-corrected chi connectivity index (χ1v) is 4.44. The summed E-state index contributed by atoms with van der Waals surface area (Å²) in [4.78, 5) is 11.7. The minimum Gasteiger partial charge on any atom is -0.371 e. The van der Waals surface area contributed by atoms with Gasteiger partial charge in [-0.1, -0.05) is 6.07 Å². The van der Waals surface area contributed by atoms with Crippen molar-refractivity contribution in [1.82, 2.24) is 0 Å². The Morgan fingerprint density at radius 3 is 2.13 bits per heavy atom. The van der Waals surface area contributed by atoms with Gasteiger partial charge in [0.15, 0.2) is 5.78 Å². The molecule has 0 atom stereocenters. The van der Waals surface area contributed by atoms with Gasteiger partial charge in [-0.25, -0.2) is 8.78 Å². The summed E-state index contributed by atoms with van der Waals surface area (Å²) in [5.74, 6) is -2.45. The normalized spacial score (nSPS) is 11.5. The van der Waals surface area contributed by atoms with Crippen LogP contribution in [0.3, 0.4) is 0 Å². The van der Waals surface area contributed by atoms with Crippen LogP contribution in [-0.2, 0) is 4.74 Å². The van der Waals surface area contributed by atoms with E-state index >= 15 is 0 Å². The molecule has 0 N–H and O–H groups in total. The molecule has 0 spiro atoms. The summed E-state index contributed by atoms with van der Waals surface area (Å²) in [5, 5.41) is 0. The van der Waals surface area contributed by atoms with Crippen LogP contribution in [-0.4, -0.2) is 18.5 Å². The standard InChI is InChI=1S/C11H12F2O2/c1-11(2,15-3)10(14)9-7(12)5-4-6-8(9)13/h4-6H,1-3H3. The predicted octanol–water partition coefficient (Wildman–Crippen LogP) is 2.57. The Morgan fingerprint density at radius 1 is 1.27 bits per heavy atom. The Morgan fingerprint density at radius 2 is 1.73 bits per heavy atom. The quantitative estimate of drug-likeness (QED) is 0.723. The highest BCUT2D eigenvalue weighted by Crippen LogP contribution is 2.21. The largest absolute Gasteiger partial charge is 0.371 e. The molecule has 0 aliphatic carbocycles. The molecule has 1 aromatic carbocycles. The number of Topliss-reactive ketones (excluding diaryl/α,β-unsaturated/α-hetero) is 1. The zero-order valence-electron chi connectivity index (χ0n) is 8.80. The molecule has 0 fully saturated rings. The van der Waals surface area contributed by atoms with Crippen molar-refractivity contribution in [2.75, 3.05) is 7.11 Å². The van der Waals surface area contributed by atoms with Gasteiger partial charge < -0.3 is 4.74 Å². The molecule has 0 saturated heterocycles. The van der Waals surface area contributed by atoms with Gasteiger partial charge in [-0.05, 0) is 26.0 Å². The summed E-state index contributed by atoms with van der Waals surface area (Å²) >= 11 is 0. The van der Waals surface area contributed by atoms with Crippen molar-refractivity contribution >= 4 is 5.78 Å². The summed E-state index contributed by atoms with van der Waals surface area (Å²) in [7, 11) is 1.32. The SMILES string of the molecule is COC(C)(C)C(=O)c1c(F)cccc1F. The van der Waals surface area contributed by atoms with Crippen LogP contribution in [0.1, 0.15) is 24.2 Å². The highest BCUT2D eigenvalue weighted by Gasteiger charge is 2.32. The predicted molar refractivity (Wildman–Crippen MR) is 51.8 cm³/mol. The van der Waals surface area contributed by atoms with Crippen LogP contribution in [0.2, 0.25) is 0 Å². The first-order valence-electron chi connectivity index (χ1n) is 4.44. The van der Waals surface area contributed by atoms with E-state index in [1.165, 1.54) is 27.0 Å². The van der Waals surface area contributed by atoms with Gasteiger partial charge in [-0.2, -0.15) is 0 Å². The molecule has 0 unspecified atom stereocenters. The minimum absolute atomic E-state index is 0.552. The molecule has 0 heterocycles. The molecule has 4 heteroatoms. The average molecular weight is 214 g/mol. The third kappa shape index (κ3) is 2.21. The van der Waals surface area contributed by atoms with Gasteiger partial charge in [-0.3, -0.25) is 4.79 Å². The first-order chi connectivity index (χ1) is 6.90. The maximum Gasteiger partial charge on any atom is 0.199 e. The zero-order valence-corrected chi connectivity index (χ0v) is 8.80. The van der Waals surface area contributed by atoms with Crippen LogP contribution in [0.4, 0.5) is 8.78 Å². The topological polar surface area (TPSA) is 26.3 Å². The Hall–Kier alpha value is -1.29. The van der Waals surface area contributed by atoms with E-state index in [1.807, 2.05) is 0 Å². The molecule has 0 aliphatic rings. The molecule has 1 rings (SSSR count). The summed E-state index contributed by atoms with van der Waals surface area (Å²) in [5.41, 5.74) is -1.78. The fraction of sp³-hybridized carbons (Fsp3) is 0.364. The summed E-state index contributed by atoms with van der Waals surface area (Å²) in [6.07, 6.45) is 0. The lowest BCUT2D eigenvalue weighted by molar-refractivity contribution is 0.0220. The van der Waals surface area contributed by atoms with Crippen LogP contribution < -0.4 is 0 Å². The molecule has 2 nitrogen and oxygen atoms in total. The third-order valence-electron chi connectivity index (χ3n) is 2.25. The smallest absolute Gasteiger partial charge is 0.199 e. The van der Waals surface area contributed by atoms with Gasteiger partial charge in [-0.15, -0.1) is 0 Å². The van der Waals surface area contributed by atoms with Crippen LogP contribution in [0.15, 0.2) is 18.2 Å². The molecule has 15 heavy (non-hydrogen) atoms. The highest BCUT2D eigenvalue weighted by molar-refractivity contribution is 6.02. The number of methoxy groups -OCH3 is 1. The van der Waals surface area contributed by atoms with Crippen LogP contribution in [0.5, 0.6) is 0 Å². The van der Waals surface area contributed by atoms with Crippen molar-refractivity contribution in [1.29, 1.82) is 0 Å². The summed E-state index contributed by atoms with van der Waals surface area (Å²) in [6.45, 7) is 2.92. The van der Waals surface area contributed by atoms with Crippen molar-refractivity contribution in [2.45, 2.75) is 19.4 Å². The zero-order chi connectivity index (χ0) is 11.6. The molecule has 0 amide bonds. The van der Waals surface area contributed by atoms with Gasteiger partial charge in [0.1, 0.15) is 17.2 Å². The summed E-state index contributed by atoms with van der Waals surface area (Å²) in [6, 6.07) is 3.30. The number of ether oxygens (including phenoxy) is 1. The maximum absolute atomic E-state index is 13.3. The lowest BCUT2D eigenvalue weighted by atomic mass is 9.96. The van der Waals surface area contributed by atoms with Gasteiger partial charge in [0.05, 0.1) is 5.56 Å². The summed E-state index contributed by atoms with van der Waals surface area (Å²) < 4.78 is 31.4. The second-order valence-electron chi connectivity index (χ2n) is 3.64. The van der Waals surface area contributed by atoms with E-state index in [0.29, 0.717) is 0 Å². The minimum atomic E-state index is -1.23. The Labute approximate surface area is 86.9 Å². The molecule has 1 aromatic rings. The van der Waals surface area contributed by atoms with E-state index in [-0.39, 0.29) is 0 Å². The number of ketones is 1. The second-order valence-corrected chi connectivity index (χ2v) is 3.64. The van der Waals surface area contributed by atoms with Crippen molar-refractivity contribution in [3.8, 4) is 0 Å². The Bertz CT molecular complexity index is 366. The number of benzene rings is 1. The van der Waals surface area contributed by atoms with Crippen LogP contribution in [0.25, 0.3) is 0 Å². The molecule has 0 saturated carbocycles. The third-order valence-corrected chi connectivity index (χ3v) is 2.25. The van der Waals surface area contributed by atoms with Crippen molar-refractivity contribution in [3.63, 3.8) is 0 Å². The number of halogens is 2. The molecule has 0 aliphatic heterocycles. The van der Waals surface area contributed by atoms with E-state index in [2.05, 4.69) is 0 Å². The first kappa shape index (κ1) is 11.8. The average Bonchev–Trinajstić information content (AvgIpc) is 2.17. The monoisotopic (exact) mass is 214 g/mol. The van der Waals surface area contributed by atoms with Gasteiger partial charge in [0.25, 0.3) is 0 Å². The lowest BCUT2D eigenvalue weighted by Crippen LogP contribution is -2.35. The number of hydrogen-bond donors (Lipinski definition) is 0. The molecule has 0 bridgehead atoms. The number of hydrogen-bond acceptors (Lipinski definition) is 2. The fourth-order valence-corrected chi connectivity index (χ4v) is 1.11. The van der Waals surface area contributed by atoms with Crippen LogP contribution in [0, 0.1) is 11.6 Å². The van der Waals surface area contributed by atoms with E-state index in [1.54, 1.807) is 0 Å². The van der Waals surface area contributed by atoms with Gasteiger partial charge in [0.2, 0.25) is 0 Å². The number of carbonyl (C=O) groups is 1. The molecular weight excluding hydrogens is 202 g/mol.